The number of rotatable bonds is 3. The molecule has 5 heteroatoms. The van der Waals surface area contributed by atoms with Crippen molar-refractivity contribution in [2.75, 3.05) is 13.2 Å². The van der Waals surface area contributed by atoms with Crippen molar-refractivity contribution in [2.24, 2.45) is 5.41 Å². The van der Waals surface area contributed by atoms with Crippen LogP contribution in [0.4, 0.5) is 0 Å². The maximum Gasteiger partial charge on any atom is 0.322 e. The maximum atomic E-state index is 12.0. The van der Waals surface area contributed by atoms with Gasteiger partial charge in [-0.3, -0.25) is 9.59 Å². The lowest BCUT2D eigenvalue weighted by atomic mass is 9.78. The Bertz CT molecular complexity index is 434. The van der Waals surface area contributed by atoms with Crippen molar-refractivity contribution in [1.82, 2.24) is 0 Å². The predicted molar refractivity (Wildman–Crippen MR) is 59.4 cm³/mol. The fraction of sp³-hybridized carbons (Fsp3) is 0.273. The molecule has 84 valence electrons. The van der Waals surface area contributed by atoms with Crippen molar-refractivity contribution in [3.05, 3.63) is 34.3 Å². The first-order valence-corrected chi connectivity index (χ1v) is 5.47. The van der Waals surface area contributed by atoms with E-state index in [-0.39, 0.29) is 13.2 Å². The van der Waals surface area contributed by atoms with Crippen molar-refractivity contribution in [3.63, 3.8) is 0 Å². The van der Waals surface area contributed by atoms with E-state index in [1.54, 1.807) is 24.3 Å². The number of carboxylic acids is 1. The second-order valence-corrected chi connectivity index (χ2v) is 4.63. The maximum absolute atomic E-state index is 12.0. The summed E-state index contributed by atoms with van der Waals surface area (Å²) in [5, 5.41) is 9.06. The molecular weight excluding hydrogens is 276 g/mol. The van der Waals surface area contributed by atoms with Gasteiger partial charge in [0.25, 0.3) is 0 Å². The quantitative estimate of drug-likeness (QED) is 0.678. The van der Waals surface area contributed by atoms with Crippen LogP contribution in [0.2, 0.25) is 0 Å². The molecule has 0 aromatic heterocycles. The van der Waals surface area contributed by atoms with Gasteiger partial charge in [0, 0.05) is 10.0 Å². The van der Waals surface area contributed by atoms with Gasteiger partial charge in [0.2, 0.25) is 0 Å². The molecule has 1 aromatic rings. The highest BCUT2D eigenvalue weighted by atomic mass is 79.9. The number of carbonyl (C=O) groups excluding carboxylic acids is 1. The Hall–Kier alpha value is -1.20. The molecule has 2 rings (SSSR count). The van der Waals surface area contributed by atoms with Gasteiger partial charge in [-0.15, -0.1) is 0 Å². The number of carboxylic acid groups (broad SMARTS) is 1. The Balaban J connectivity index is 2.31. The smallest absolute Gasteiger partial charge is 0.322 e. The minimum absolute atomic E-state index is 0.0444. The highest BCUT2D eigenvalue weighted by Crippen LogP contribution is 2.32. The summed E-state index contributed by atoms with van der Waals surface area (Å²) in [6, 6.07) is 6.63. The van der Waals surface area contributed by atoms with Crippen LogP contribution >= 0.6 is 15.9 Å². The second kappa shape index (κ2) is 3.99. The lowest BCUT2D eigenvalue weighted by Crippen LogP contribution is -2.54. The summed E-state index contributed by atoms with van der Waals surface area (Å²) >= 11 is 3.25. The lowest BCUT2D eigenvalue weighted by molar-refractivity contribution is -0.168. The Morgan fingerprint density at radius 2 is 1.81 bits per heavy atom. The van der Waals surface area contributed by atoms with E-state index in [4.69, 9.17) is 9.84 Å². The van der Waals surface area contributed by atoms with Crippen LogP contribution in [0.15, 0.2) is 28.7 Å². The third kappa shape index (κ3) is 1.66. The van der Waals surface area contributed by atoms with Gasteiger partial charge in [0.05, 0.1) is 13.2 Å². The highest BCUT2D eigenvalue weighted by Gasteiger charge is 2.53. The minimum Gasteiger partial charge on any atom is -0.480 e. The standard InChI is InChI=1S/C11H9BrO4/c12-8-3-1-7(2-4-8)9(13)11(10(14)15)5-16-6-11/h1-4H,5-6H2,(H,14,15). The predicted octanol–water partition coefficient (Wildman–Crippen LogP) is 1.73. The number of ketones is 1. The van der Waals surface area contributed by atoms with E-state index in [0.29, 0.717) is 5.56 Å². The summed E-state index contributed by atoms with van der Waals surface area (Å²) in [6.07, 6.45) is 0. The van der Waals surface area contributed by atoms with Crippen molar-refractivity contribution in [2.45, 2.75) is 0 Å². The average molecular weight is 285 g/mol. The van der Waals surface area contributed by atoms with Crippen LogP contribution in [-0.2, 0) is 9.53 Å². The SMILES string of the molecule is O=C(O)C1(C(=O)c2ccc(Br)cc2)COC1. The largest absolute Gasteiger partial charge is 0.480 e. The van der Waals surface area contributed by atoms with E-state index in [1.807, 2.05) is 0 Å². The monoisotopic (exact) mass is 284 g/mol. The molecule has 0 radical (unpaired) electrons. The van der Waals surface area contributed by atoms with Crippen molar-refractivity contribution in [1.29, 1.82) is 0 Å². The summed E-state index contributed by atoms with van der Waals surface area (Å²) < 4.78 is 5.70. The molecule has 0 amide bonds. The van der Waals surface area contributed by atoms with Gasteiger partial charge in [-0.2, -0.15) is 0 Å². The Morgan fingerprint density at radius 3 is 2.19 bits per heavy atom. The number of Topliss-reactive ketones (excluding diaryl/α,β-unsaturated/α-hetero) is 1. The molecule has 0 bridgehead atoms. The number of benzene rings is 1. The first-order chi connectivity index (χ1) is 7.56. The number of aliphatic carboxylic acids is 1. The van der Waals surface area contributed by atoms with E-state index in [0.717, 1.165) is 4.47 Å². The van der Waals surface area contributed by atoms with Crippen molar-refractivity contribution >= 4 is 27.7 Å². The minimum atomic E-state index is -1.38. The topological polar surface area (TPSA) is 63.6 Å². The molecule has 1 aliphatic rings. The van der Waals surface area contributed by atoms with Gasteiger partial charge < -0.3 is 9.84 Å². The number of hydrogen-bond donors (Lipinski definition) is 1. The molecule has 1 aliphatic heterocycles. The van der Waals surface area contributed by atoms with Crippen molar-refractivity contribution in [3.8, 4) is 0 Å². The molecule has 16 heavy (non-hydrogen) atoms. The molecule has 4 nitrogen and oxygen atoms in total. The Morgan fingerprint density at radius 1 is 1.25 bits per heavy atom. The third-order valence-electron chi connectivity index (χ3n) is 2.65. The zero-order chi connectivity index (χ0) is 11.8. The molecule has 1 N–H and O–H groups in total. The normalized spacial score (nSPS) is 17.6. The van der Waals surface area contributed by atoms with Crippen molar-refractivity contribution < 1.29 is 19.4 Å². The van der Waals surface area contributed by atoms with Crippen LogP contribution < -0.4 is 0 Å². The van der Waals surface area contributed by atoms with Crippen LogP contribution in [0, 0.1) is 5.41 Å². The molecule has 1 heterocycles. The molecule has 0 aliphatic carbocycles. The molecule has 0 spiro atoms. The highest BCUT2D eigenvalue weighted by molar-refractivity contribution is 9.10. The number of hydrogen-bond acceptors (Lipinski definition) is 3. The number of carbonyl (C=O) groups is 2. The van der Waals surface area contributed by atoms with E-state index < -0.39 is 17.2 Å². The van der Waals surface area contributed by atoms with E-state index in [9.17, 15) is 9.59 Å². The molecular formula is C11H9BrO4. The van der Waals surface area contributed by atoms with Gasteiger partial charge in [-0.25, -0.2) is 0 Å². The average Bonchev–Trinajstić information content (AvgIpc) is 2.16. The summed E-state index contributed by atoms with van der Waals surface area (Å²) in [7, 11) is 0. The third-order valence-corrected chi connectivity index (χ3v) is 3.18. The summed E-state index contributed by atoms with van der Waals surface area (Å²) in [6.45, 7) is -0.0888. The molecule has 1 fully saturated rings. The van der Waals surface area contributed by atoms with E-state index in [2.05, 4.69) is 15.9 Å². The van der Waals surface area contributed by atoms with Crippen LogP contribution in [-0.4, -0.2) is 30.1 Å². The van der Waals surface area contributed by atoms with E-state index in [1.165, 1.54) is 0 Å². The summed E-state index contributed by atoms with van der Waals surface area (Å²) in [5.74, 6) is -1.51. The van der Waals surface area contributed by atoms with Crippen LogP contribution in [0.25, 0.3) is 0 Å². The van der Waals surface area contributed by atoms with Crippen LogP contribution in [0.5, 0.6) is 0 Å². The van der Waals surface area contributed by atoms with Gasteiger partial charge in [-0.1, -0.05) is 28.1 Å². The molecule has 1 saturated heterocycles. The van der Waals surface area contributed by atoms with Gasteiger partial charge >= 0.3 is 5.97 Å². The van der Waals surface area contributed by atoms with Gasteiger partial charge in [0.1, 0.15) is 0 Å². The fourth-order valence-corrected chi connectivity index (χ4v) is 1.80. The van der Waals surface area contributed by atoms with Crippen LogP contribution in [0.3, 0.4) is 0 Å². The number of halogens is 1. The van der Waals surface area contributed by atoms with E-state index >= 15 is 0 Å². The van der Waals surface area contributed by atoms with Crippen LogP contribution in [0.1, 0.15) is 10.4 Å². The molecule has 0 unspecified atom stereocenters. The lowest BCUT2D eigenvalue weighted by Gasteiger charge is -2.35. The summed E-state index contributed by atoms with van der Waals surface area (Å²) in [4.78, 5) is 23.1. The number of ether oxygens (including phenoxy) is 1. The zero-order valence-corrected chi connectivity index (χ0v) is 9.86. The molecule has 1 aromatic carbocycles. The first-order valence-electron chi connectivity index (χ1n) is 4.68. The van der Waals surface area contributed by atoms with Gasteiger partial charge in [0.15, 0.2) is 11.2 Å². The fourth-order valence-electron chi connectivity index (χ4n) is 1.54. The molecule has 0 saturated carbocycles. The Labute approximate surface area is 100 Å². The zero-order valence-electron chi connectivity index (χ0n) is 8.27. The first kappa shape index (κ1) is 11.3. The summed E-state index contributed by atoms with van der Waals surface area (Å²) in [5.41, 5.74) is -0.984. The van der Waals surface area contributed by atoms with Gasteiger partial charge in [-0.05, 0) is 12.1 Å². The second-order valence-electron chi connectivity index (χ2n) is 3.72. The Kier molecular flexibility index (Phi) is 2.82. The molecule has 0 atom stereocenters.